The van der Waals surface area contributed by atoms with E-state index in [1.54, 1.807) is 0 Å². The Morgan fingerprint density at radius 3 is 2.15 bits per heavy atom. The SMILES string of the molecule is CCCCCCC(O)(/C=C/c1ccc(C(CC)(CC)c2ccc(OC[C@@H](O)CCOC(C)=O)c(C)c2)cc1C)CC. The van der Waals surface area contributed by atoms with Crippen LogP contribution in [0.15, 0.2) is 42.5 Å². The third-order valence-corrected chi connectivity index (χ3v) is 8.59. The quantitative estimate of drug-likeness (QED) is 0.140. The van der Waals surface area contributed by atoms with Crippen molar-refractivity contribution in [2.45, 2.75) is 123 Å². The molecule has 5 heteroatoms. The Hall–Kier alpha value is -2.63. The van der Waals surface area contributed by atoms with Crippen LogP contribution in [0.2, 0.25) is 0 Å². The standard InChI is InChI=1S/C36H54O5/c1-8-12-13-14-21-35(39,9-2)22-19-30-15-16-31(24-27(30)5)36(10-3,11-4)32-17-18-34(28(6)25-32)41-26-33(38)20-23-40-29(7)37/h15-19,22,24-25,33,38-39H,8-14,20-21,23,26H2,1-7H3/b22-19+/t33-,35?/m0/s1. The van der Waals surface area contributed by atoms with Gasteiger partial charge in [-0.15, -0.1) is 0 Å². The second kappa shape index (κ2) is 16.7. The Bertz CT molecular complexity index is 1120. The van der Waals surface area contributed by atoms with Crippen LogP contribution in [0, 0.1) is 13.8 Å². The number of carbonyl (C=O) groups is 1. The Labute approximate surface area is 249 Å². The second-order valence-electron chi connectivity index (χ2n) is 11.5. The van der Waals surface area contributed by atoms with E-state index in [1.807, 2.05) is 19.1 Å². The summed E-state index contributed by atoms with van der Waals surface area (Å²) in [7, 11) is 0. The van der Waals surface area contributed by atoms with Crippen LogP contribution in [0.3, 0.4) is 0 Å². The third-order valence-electron chi connectivity index (χ3n) is 8.59. The van der Waals surface area contributed by atoms with Crippen molar-refractivity contribution < 1.29 is 24.5 Å². The van der Waals surface area contributed by atoms with Crippen molar-refractivity contribution in [1.82, 2.24) is 0 Å². The smallest absolute Gasteiger partial charge is 0.302 e. The van der Waals surface area contributed by atoms with Crippen LogP contribution in [0.4, 0.5) is 0 Å². The molecule has 0 bridgehead atoms. The molecule has 0 aliphatic rings. The molecule has 5 nitrogen and oxygen atoms in total. The minimum atomic E-state index is -0.755. The molecule has 0 aliphatic carbocycles. The minimum Gasteiger partial charge on any atom is -0.491 e. The van der Waals surface area contributed by atoms with Crippen LogP contribution in [-0.4, -0.2) is 41.1 Å². The zero-order valence-electron chi connectivity index (χ0n) is 26.6. The van der Waals surface area contributed by atoms with Crippen molar-refractivity contribution >= 4 is 12.0 Å². The second-order valence-corrected chi connectivity index (χ2v) is 11.5. The topological polar surface area (TPSA) is 76.0 Å². The Kier molecular flexibility index (Phi) is 14.1. The summed E-state index contributed by atoms with van der Waals surface area (Å²) in [5.74, 6) is 0.397. The van der Waals surface area contributed by atoms with Crippen LogP contribution < -0.4 is 4.74 Å². The van der Waals surface area contributed by atoms with Crippen LogP contribution in [0.5, 0.6) is 5.75 Å². The molecule has 0 aromatic heterocycles. The number of aryl methyl sites for hydroxylation is 2. The van der Waals surface area contributed by atoms with Crippen LogP contribution >= 0.6 is 0 Å². The molecule has 2 aromatic carbocycles. The summed E-state index contributed by atoms with van der Waals surface area (Å²) in [6, 6.07) is 13.1. The molecule has 2 rings (SSSR count). The number of benzene rings is 2. The first kappa shape index (κ1) is 34.6. The molecule has 2 atom stereocenters. The molecule has 0 saturated carbocycles. The van der Waals surface area contributed by atoms with Crippen molar-refractivity contribution in [3.63, 3.8) is 0 Å². The van der Waals surface area contributed by atoms with E-state index in [1.165, 1.54) is 42.9 Å². The number of ether oxygens (including phenoxy) is 2. The highest BCUT2D eigenvalue weighted by Gasteiger charge is 2.31. The lowest BCUT2D eigenvalue weighted by atomic mass is 9.70. The molecule has 1 unspecified atom stereocenters. The fourth-order valence-corrected chi connectivity index (χ4v) is 5.59. The lowest BCUT2D eigenvalue weighted by molar-refractivity contribution is -0.141. The van der Waals surface area contributed by atoms with Crippen LogP contribution in [-0.2, 0) is 14.9 Å². The molecule has 0 saturated heterocycles. The molecule has 0 fully saturated rings. The number of unbranched alkanes of at least 4 members (excludes halogenated alkanes) is 3. The lowest BCUT2D eigenvalue weighted by Gasteiger charge is -2.34. The van der Waals surface area contributed by atoms with E-state index in [-0.39, 0.29) is 24.6 Å². The van der Waals surface area contributed by atoms with Gasteiger partial charge in [-0.05, 0) is 73.4 Å². The summed E-state index contributed by atoms with van der Waals surface area (Å²) in [4.78, 5) is 10.9. The molecule has 0 spiro atoms. The number of carbonyl (C=O) groups excluding carboxylic acids is 1. The predicted octanol–water partition coefficient (Wildman–Crippen LogP) is 8.23. The van der Waals surface area contributed by atoms with Gasteiger partial charge in [-0.1, -0.05) is 95.9 Å². The summed E-state index contributed by atoms with van der Waals surface area (Å²) >= 11 is 0. The molecule has 0 heterocycles. The molecule has 2 aromatic rings. The number of hydrogen-bond acceptors (Lipinski definition) is 5. The van der Waals surface area contributed by atoms with Crippen molar-refractivity contribution in [3.8, 4) is 5.75 Å². The summed E-state index contributed by atoms with van der Waals surface area (Å²) < 4.78 is 10.8. The first-order chi connectivity index (χ1) is 19.5. The maximum Gasteiger partial charge on any atom is 0.302 e. The normalized spacial score (nSPS) is 14.2. The molecule has 2 N–H and O–H groups in total. The first-order valence-corrected chi connectivity index (χ1v) is 15.6. The van der Waals surface area contributed by atoms with Crippen molar-refractivity contribution in [3.05, 3.63) is 70.3 Å². The number of aliphatic hydroxyl groups is 2. The average Bonchev–Trinajstić information content (AvgIpc) is 2.95. The molecule has 0 amide bonds. The molecule has 0 radical (unpaired) electrons. The van der Waals surface area contributed by atoms with Gasteiger partial charge in [0.2, 0.25) is 0 Å². The number of aliphatic hydroxyl groups excluding tert-OH is 1. The van der Waals surface area contributed by atoms with Gasteiger partial charge in [0.25, 0.3) is 0 Å². The fourth-order valence-electron chi connectivity index (χ4n) is 5.59. The summed E-state index contributed by atoms with van der Waals surface area (Å²) in [6.07, 6.45) is 11.8. The summed E-state index contributed by atoms with van der Waals surface area (Å²) in [5.41, 5.74) is 5.01. The molecule has 0 aliphatic heterocycles. The summed E-state index contributed by atoms with van der Waals surface area (Å²) in [5, 5.41) is 21.3. The van der Waals surface area contributed by atoms with E-state index < -0.39 is 11.7 Å². The van der Waals surface area contributed by atoms with Crippen molar-refractivity contribution in [2.75, 3.05) is 13.2 Å². The van der Waals surface area contributed by atoms with Gasteiger partial charge in [-0.2, -0.15) is 0 Å². The zero-order valence-corrected chi connectivity index (χ0v) is 26.6. The Balaban J connectivity index is 2.21. The molecule has 228 valence electrons. The van der Waals surface area contributed by atoms with Gasteiger partial charge in [0.1, 0.15) is 12.4 Å². The number of rotatable bonds is 18. The van der Waals surface area contributed by atoms with Gasteiger partial charge in [-0.25, -0.2) is 0 Å². The van der Waals surface area contributed by atoms with E-state index in [0.29, 0.717) is 12.8 Å². The third kappa shape index (κ3) is 10.0. The van der Waals surface area contributed by atoms with Crippen molar-refractivity contribution in [2.24, 2.45) is 0 Å². The van der Waals surface area contributed by atoms with Gasteiger partial charge in [0.15, 0.2) is 0 Å². The van der Waals surface area contributed by atoms with E-state index in [4.69, 9.17) is 9.47 Å². The number of hydrogen-bond donors (Lipinski definition) is 2. The lowest BCUT2D eigenvalue weighted by Crippen LogP contribution is -2.26. The van der Waals surface area contributed by atoms with Gasteiger partial charge in [0, 0.05) is 18.8 Å². The van der Waals surface area contributed by atoms with Crippen LogP contribution in [0.25, 0.3) is 6.08 Å². The van der Waals surface area contributed by atoms with E-state index in [9.17, 15) is 15.0 Å². The highest BCUT2D eigenvalue weighted by molar-refractivity contribution is 5.65. The largest absolute Gasteiger partial charge is 0.491 e. The Morgan fingerprint density at radius 1 is 0.927 bits per heavy atom. The number of esters is 1. The predicted molar refractivity (Wildman–Crippen MR) is 170 cm³/mol. The van der Waals surface area contributed by atoms with E-state index in [2.05, 4.69) is 71.0 Å². The zero-order chi connectivity index (χ0) is 30.5. The first-order valence-electron chi connectivity index (χ1n) is 15.6. The van der Waals surface area contributed by atoms with Crippen LogP contribution in [0.1, 0.15) is 120 Å². The molecular formula is C36H54O5. The van der Waals surface area contributed by atoms with Gasteiger partial charge in [-0.3, -0.25) is 4.79 Å². The van der Waals surface area contributed by atoms with Gasteiger partial charge >= 0.3 is 5.97 Å². The van der Waals surface area contributed by atoms with Gasteiger partial charge < -0.3 is 19.7 Å². The molecular weight excluding hydrogens is 512 g/mol. The summed E-state index contributed by atoms with van der Waals surface area (Å²) in [6.45, 7) is 14.6. The van der Waals surface area contributed by atoms with Crippen molar-refractivity contribution in [1.29, 1.82) is 0 Å². The highest BCUT2D eigenvalue weighted by Crippen LogP contribution is 2.41. The highest BCUT2D eigenvalue weighted by atomic mass is 16.5. The maximum atomic E-state index is 11.1. The average molecular weight is 567 g/mol. The van der Waals surface area contributed by atoms with Gasteiger partial charge in [0.05, 0.1) is 18.3 Å². The molecule has 41 heavy (non-hydrogen) atoms. The Morgan fingerprint density at radius 2 is 1.59 bits per heavy atom. The van der Waals surface area contributed by atoms with E-state index >= 15 is 0 Å². The monoisotopic (exact) mass is 566 g/mol. The maximum absolute atomic E-state index is 11.1. The fraction of sp³-hybridized carbons (Fsp3) is 0.583. The minimum absolute atomic E-state index is 0.136. The van der Waals surface area contributed by atoms with E-state index in [0.717, 1.165) is 42.6 Å².